The zero-order chi connectivity index (χ0) is 26.1. The van der Waals surface area contributed by atoms with Gasteiger partial charge in [-0.3, -0.25) is 4.79 Å². The van der Waals surface area contributed by atoms with Gasteiger partial charge in [-0.1, -0.05) is 25.1 Å². The molecule has 3 N–H and O–H groups in total. The zero-order valence-electron chi connectivity index (χ0n) is 19.7. The monoisotopic (exact) mass is 501 g/mol. The Hall–Kier alpha value is -4.21. The van der Waals surface area contributed by atoms with Gasteiger partial charge in [0.25, 0.3) is 5.91 Å². The van der Waals surface area contributed by atoms with Gasteiger partial charge >= 0.3 is 12.2 Å². The van der Waals surface area contributed by atoms with E-state index in [4.69, 9.17) is 9.47 Å². The molecule has 0 saturated carbocycles. The van der Waals surface area contributed by atoms with Gasteiger partial charge in [0.15, 0.2) is 0 Å². The molecule has 0 saturated heterocycles. The summed E-state index contributed by atoms with van der Waals surface area (Å²) in [4.78, 5) is 24.1. The Bertz CT molecular complexity index is 1200. The molecular weight excluding hydrogens is 475 g/mol. The molecule has 0 spiro atoms. The van der Waals surface area contributed by atoms with E-state index < -0.39 is 17.8 Å². The van der Waals surface area contributed by atoms with Crippen molar-refractivity contribution in [3.8, 4) is 17.2 Å². The van der Waals surface area contributed by atoms with Crippen molar-refractivity contribution < 1.29 is 32.2 Å². The highest BCUT2D eigenvalue weighted by Crippen LogP contribution is 2.35. The summed E-state index contributed by atoms with van der Waals surface area (Å²) in [5.41, 5.74) is 0.241. The number of benzene rings is 3. The SMILES string of the molecule is CCCOc1ccc(C(F)(F)F)cc1NC(=O)NCc1ccc(Oc2cccc(C(=O)NC)c2)cc1. The van der Waals surface area contributed by atoms with Crippen molar-refractivity contribution in [2.45, 2.75) is 26.1 Å². The minimum Gasteiger partial charge on any atom is -0.491 e. The maximum absolute atomic E-state index is 13.1. The van der Waals surface area contributed by atoms with E-state index in [1.54, 1.807) is 55.6 Å². The maximum atomic E-state index is 13.1. The molecule has 3 aromatic rings. The lowest BCUT2D eigenvalue weighted by molar-refractivity contribution is -0.137. The molecule has 0 atom stereocenters. The van der Waals surface area contributed by atoms with Gasteiger partial charge in [-0.25, -0.2) is 4.79 Å². The number of carbonyl (C=O) groups is 2. The molecule has 36 heavy (non-hydrogen) atoms. The quantitative estimate of drug-likeness (QED) is 0.337. The maximum Gasteiger partial charge on any atom is 0.416 e. The van der Waals surface area contributed by atoms with Crippen LogP contribution in [0.4, 0.5) is 23.7 Å². The standard InChI is InChI=1S/C26H26F3N3O4/c1-3-13-35-23-12-9-19(26(27,28)29)15-22(23)32-25(34)31-16-17-7-10-20(11-8-17)36-21-6-4-5-18(14-21)24(33)30-2/h4-12,14-15H,3,13,16H2,1-2H3,(H,30,33)(H2,31,32,34). The van der Waals surface area contributed by atoms with Crippen LogP contribution in [0.5, 0.6) is 17.2 Å². The Balaban J connectivity index is 1.60. The summed E-state index contributed by atoms with van der Waals surface area (Å²) in [6.45, 7) is 2.29. The lowest BCUT2D eigenvalue weighted by atomic mass is 10.1. The van der Waals surface area contributed by atoms with Crippen molar-refractivity contribution in [3.05, 3.63) is 83.4 Å². The molecule has 0 aliphatic heterocycles. The number of urea groups is 1. The normalized spacial score (nSPS) is 10.9. The second kappa shape index (κ2) is 12.0. The lowest BCUT2D eigenvalue weighted by Gasteiger charge is -2.15. The van der Waals surface area contributed by atoms with E-state index >= 15 is 0 Å². The number of halogens is 3. The summed E-state index contributed by atoms with van der Waals surface area (Å²) in [5, 5.41) is 7.59. The van der Waals surface area contributed by atoms with Gasteiger partial charge in [-0.05, 0) is 60.5 Å². The third-order valence-electron chi connectivity index (χ3n) is 4.95. The molecule has 0 aliphatic rings. The first-order valence-electron chi connectivity index (χ1n) is 11.2. The van der Waals surface area contributed by atoms with Crippen molar-refractivity contribution in [2.24, 2.45) is 0 Å². The Morgan fingerprint density at radius 3 is 2.36 bits per heavy atom. The molecule has 7 nitrogen and oxygen atoms in total. The fourth-order valence-corrected chi connectivity index (χ4v) is 3.15. The number of nitrogens with one attached hydrogen (secondary N) is 3. The summed E-state index contributed by atoms with van der Waals surface area (Å²) in [7, 11) is 1.54. The van der Waals surface area contributed by atoms with Crippen molar-refractivity contribution >= 4 is 17.6 Å². The van der Waals surface area contributed by atoms with Gasteiger partial charge in [-0.2, -0.15) is 13.2 Å². The van der Waals surface area contributed by atoms with Gasteiger partial charge in [0.2, 0.25) is 0 Å². The van der Waals surface area contributed by atoms with E-state index in [-0.39, 0.29) is 23.9 Å². The number of hydrogen-bond acceptors (Lipinski definition) is 4. The summed E-state index contributed by atoms with van der Waals surface area (Å²) < 4.78 is 50.5. The Morgan fingerprint density at radius 2 is 1.69 bits per heavy atom. The molecule has 0 fully saturated rings. The predicted molar refractivity (Wildman–Crippen MR) is 129 cm³/mol. The predicted octanol–water partition coefficient (Wildman–Crippen LogP) is 5.97. The third-order valence-corrected chi connectivity index (χ3v) is 4.95. The van der Waals surface area contributed by atoms with Crippen LogP contribution in [0.15, 0.2) is 66.7 Å². The second-order valence-corrected chi connectivity index (χ2v) is 7.72. The van der Waals surface area contributed by atoms with Gasteiger partial charge in [0.1, 0.15) is 17.2 Å². The second-order valence-electron chi connectivity index (χ2n) is 7.72. The van der Waals surface area contributed by atoms with Crippen LogP contribution in [-0.2, 0) is 12.7 Å². The number of amides is 3. The Kier molecular flexibility index (Phi) is 8.77. The molecule has 3 aromatic carbocycles. The van der Waals surface area contributed by atoms with Crippen LogP contribution in [0.1, 0.15) is 34.8 Å². The highest BCUT2D eigenvalue weighted by molar-refractivity contribution is 5.94. The number of ether oxygens (including phenoxy) is 2. The van der Waals surface area contributed by atoms with Crippen molar-refractivity contribution in [3.63, 3.8) is 0 Å². The summed E-state index contributed by atoms with van der Waals surface area (Å²) >= 11 is 0. The van der Waals surface area contributed by atoms with Gasteiger partial charge in [-0.15, -0.1) is 0 Å². The van der Waals surface area contributed by atoms with E-state index in [1.165, 1.54) is 6.07 Å². The van der Waals surface area contributed by atoms with E-state index in [0.29, 0.717) is 30.1 Å². The average molecular weight is 502 g/mol. The van der Waals surface area contributed by atoms with Crippen molar-refractivity contribution in [1.82, 2.24) is 10.6 Å². The number of alkyl halides is 3. The smallest absolute Gasteiger partial charge is 0.416 e. The Labute approximate surface area is 206 Å². The fourth-order valence-electron chi connectivity index (χ4n) is 3.15. The molecule has 190 valence electrons. The first-order chi connectivity index (χ1) is 17.2. The van der Waals surface area contributed by atoms with Gasteiger partial charge in [0, 0.05) is 19.2 Å². The van der Waals surface area contributed by atoms with E-state index in [2.05, 4.69) is 16.0 Å². The molecular formula is C26H26F3N3O4. The van der Waals surface area contributed by atoms with Crippen LogP contribution in [0.3, 0.4) is 0 Å². The first kappa shape index (κ1) is 26.4. The van der Waals surface area contributed by atoms with Crippen LogP contribution in [-0.4, -0.2) is 25.6 Å². The van der Waals surface area contributed by atoms with Crippen LogP contribution >= 0.6 is 0 Å². The number of anilines is 1. The highest BCUT2D eigenvalue weighted by Gasteiger charge is 2.31. The van der Waals surface area contributed by atoms with E-state index in [0.717, 1.165) is 17.7 Å². The molecule has 0 aromatic heterocycles. The number of hydrogen-bond donors (Lipinski definition) is 3. The minimum absolute atomic E-state index is 0.0708. The molecule has 0 bridgehead atoms. The molecule has 3 rings (SSSR count). The van der Waals surface area contributed by atoms with Gasteiger partial charge in [0.05, 0.1) is 17.9 Å². The molecule has 0 aliphatic carbocycles. The molecule has 0 radical (unpaired) electrons. The minimum atomic E-state index is -4.55. The molecule has 10 heteroatoms. The van der Waals surface area contributed by atoms with Crippen LogP contribution in [0, 0.1) is 0 Å². The highest BCUT2D eigenvalue weighted by atomic mass is 19.4. The first-order valence-corrected chi connectivity index (χ1v) is 11.2. The van der Waals surface area contributed by atoms with Crippen molar-refractivity contribution in [2.75, 3.05) is 19.0 Å². The number of carbonyl (C=O) groups excluding carboxylic acids is 2. The summed E-state index contributed by atoms with van der Waals surface area (Å²) in [5.74, 6) is 0.943. The van der Waals surface area contributed by atoms with Crippen LogP contribution in [0.25, 0.3) is 0 Å². The number of rotatable bonds is 9. The summed E-state index contributed by atoms with van der Waals surface area (Å²) in [6, 6.07) is 15.8. The molecule has 0 heterocycles. The zero-order valence-corrected chi connectivity index (χ0v) is 19.7. The fraction of sp³-hybridized carbons (Fsp3) is 0.231. The summed E-state index contributed by atoms with van der Waals surface area (Å²) in [6.07, 6.45) is -3.89. The molecule has 0 unspecified atom stereocenters. The third kappa shape index (κ3) is 7.39. The topological polar surface area (TPSA) is 88.7 Å². The van der Waals surface area contributed by atoms with E-state index in [9.17, 15) is 22.8 Å². The lowest BCUT2D eigenvalue weighted by Crippen LogP contribution is -2.28. The Morgan fingerprint density at radius 1 is 0.944 bits per heavy atom. The van der Waals surface area contributed by atoms with Crippen LogP contribution in [0.2, 0.25) is 0 Å². The van der Waals surface area contributed by atoms with Gasteiger partial charge < -0.3 is 25.4 Å². The largest absolute Gasteiger partial charge is 0.491 e. The molecule has 3 amide bonds. The van der Waals surface area contributed by atoms with E-state index in [1.807, 2.05) is 6.92 Å². The average Bonchev–Trinajstić information content (AvgIpc) is 2.86. The van der Waals surface area contributed by atoms with Crippen LogP contribution < -0.4 is 25.4 Å². The van der Waals surface area contributed by atoms with Crippen molar-refractivity contribution in [1.29, 1.82) is 0 Å².